The van der Waals surface area contributed by atoms with E-state index in [1.807, 2.05) is 0 Å². The minimum Gasteiger partial charge on any atom is -0.392 e. The number of nitrogens with zero attached hydrogens (tertiary/aromatic N) is 1. The fraction of sp³-hybridized carbons (Fsp3) is 0.125. The van der Waals surface area contributed by atoms with E-state index in [0.29, 0.717) is 11.1 Å². The monoisotopic (exact) mass is 363 g/mol. The highest BCUT2D eigenvalue weighted by atomic mass is 32.2. The second-order valence-corrected chi connectivity index (χ2v) is 6.80. The van der Waals surface area contributed by atoms with Crippen molar-refractivity contribution in [2.45, 2.75) is 18.1 Å². The van der Waals surface area contributed by atoms with E-state index in [0.717, 1.165) is 0 Å². The summed E-state index contributed by atoms with van der Waals surface area (Å²) in [5, 5.41) is 18.3. The molecule has 0 radical (unpaired) electrons. The summed E-state index contributed by atoms with van der Waals surface area (Å²) in [4.78, 5) is 24.3. The highest BCUT2D eigenvalue weighted by Crippen LogP contribution is 2.27. The molecule has 8 nitrogen and oxygen atoms in total. The molecule has 1 heterocycles. The van der Waals surface area contributed by atoms with Gasteiger partial charge in [0.05, 0.1) is 29.2 Å². The van der Waals surface area contributed by atoms with Crippen molar-refractivity contribution >= 4 is 21.9 Å². The van der Waals surface area contributed by atoms with Gasteiger partial charge in [-0.25, -0.2) is 0 Å². The van der Waals surface area contributed by atoms with Gasteiger partial charge in [0.15, 0.2) is 0 Å². The number of hydrogen-bond acceptors (Lipinski definition) is 7. The summed E-state index contributed by atoms with van der Waals surface area (Å²) in [5.41, 5.74) is 0.857. The Morgan fingerprint density at radius 2 is 1.40 bits per heavy atom. The summed E-state index contributed by atoms with van der Waals surface area (Å²) in [5.74, 6) is -1.83. The van der Waals surface area contributed by atoms with Gasteiger partial charge in [-0.1, -0.05) is 18.2 Å². The molecule has 3 rings (SSSR count). The SMILES string of the molecule is O=C1c2ccc(CO)cc2C(=O)N1OS(=O)(=O)c1ccc(CO)cc1. The van der Waals surface area contributed by atoms with E-state index >= 15 is 0 Å². The molecule has 0 unspecified atom stereocenters. The van der Waals surface area contributed by atoms with E-state index in [2.05, 4.69) is 0 Å². The number of aliphatic hydroxyl groups is 2. The van der Waals surface area contributed by atoms with Crippen molar-refractivity contribution in [2.24, 2.45) is 0 Å². The summed E-state index contributed by atoms with van der Waals surface area (Å²) in [6.07, 6.45) is 0. The van der Waals surface area contributed by atoms with E-state index in [1.54, 1.807) is 0 Å². The van der Waals surface area contributed by atoms with E-state index < -0.39 is 21.9 Å². The third-order valence-electron chi connectivity index (χ3n) is 3.66. The minimum atomic E-state index is -4.41. The van der Waals surface area contributed by atoms with Gasteiger partial charge in [0.1, 0.15) is 0 Å². The summed E-state index contributed by atoms with van der Waals surface area (Å²) < 4.78 is 29.3. The number of imide groups is 1. The van der Waals surface area contributed by atoms with Crippen LogP contribution in [0.2, 0.25) is 0 Å². The quantitative estimate of drug-likeness (QED) is 0.746. The van der Waals surface area contributed by atoms with Crippen LogP contribution in [0.15, 0.2) is 47.4 Å². The van der Waals surface area contributed by atoms with Crippen molar-refractivity contribution in [1.82, 2.24) is 5.06 Å². The lowest BCUT2D eigenvalue weighted by Gasteiger charge is -2.13. The summed E-state index contributed by atoms with van der Waals surface area (Å²) in [6, 6.07) is 9.24. The molecule has 25 heavy (non-hydrogen) atoms. The molecule has 130 valence electrons. The molecule has 1 aliphatic heterocycles. The zero-order chi connectivity index (χ0) is 18.2. The fourth-order valence-electron chi connectivity index (χ4n) is 2.33. The predicted octanol–water partition coefficient (Wildman–Crippen LogP) is 0.588. The van der Waals surface area contributed by atoms with Crippen molar-refractivity contribution in [1.29, 1.82) is 0 Å². The Hall–Kier alpha value is -2.59. The average molecular weight is 363 g/mol. The van der Waals surface area contributed by atoms with Crippen LogP contribution >= 0.6 is 0 Å². The van der Waals surface area contributed by atoms with Crippen molar-refractivity contribution in [2.75, 3.05) is 0 Å². The van der Waals surface area contributed by atoms with E-state index in [-0.39, 0.29) is 34.3 Å². The Bertz CT molecular complexity index is 951. The van der Waals surface area contributed by atoms with Crippen molar-refractivity contribution in [3.8, 4) is 0 Å². The normalized spacial score (nSPS) is 14.1. The molecule has 0 fully saturated rings. The second kappa shape index (κ2) is 6.37. The minimum absolute atomic E-state index is 0.00646. The van der Waals surface area contributed by atoms with Gasteiger partial charge in [-0.2, -0.15) is 8.42 Å². The smallest absolute Gasteiger partial charge is 0.318 e. The second-order valence-electron chi connectivity index (χ2n) is 5.27. The average Bonchev–Trinajstić information content (AvgIpc) is 2.86. The zero-order valence-corrected chi connectivity index (χ0v) is 13.6. The van der Waals surface area contributed by atoms with Crippen LogP contribution in [0.4, 0.5) is 0 Å². The Labute approximate surface area is 143 Å². The third-order valence-corrected chi connectivity index (χ3v) is 4.86. The van der Waals surface area contributed by atoms with Crippen LogP contribution in [-0.2, 0) is 27.6 Å². The largest absolute Gasteiger partial charge is 0.392 e. The van der Waals surface area contributed by atoms with Crippen LogP contribution in [0.25, 0.3) is 0 Å². The predicted molar refractivity (Wildman–Crippen MR) is 83.5 cm³/mol. The highest BCUT2D eigenvalue weighted by Gasteiger charge is 2.40. The number of aliphatic hydroxyl groups excluding tert-OH is 2. The molecule has 0 saturated heterocycles. The molecule has 0 aromatic heterocycles. The Balaban J connectivity index is 1.90. The van der Waals surface area contributed by atoms with Crippen LogP contribution in [0.3, 0.4) is 0 Å². The van der Waals surface area contributed by atoms with Crippen LogP contribution in [0.1, 0.15) is 31.8 Å². The molecule has 0 bridgehead atoms. The van der Waals surface area contributed by atoms with Gasteiger partial charge in [-0.15, -0.1) is 9.35 Å². The lowest BCUT2D eigenvalue weighted by atomic mass is 10.1. The Kier molecular flexibility index (Phi) is 4.39. The number of hydrogen-bond donors (Lipinski definition) is 2. The van der Waals surface area contributed by atoms with Gasteiger partial charge in [-0.05, 0) is 35.4 Å². The van der Waals surface area contributed by atoms with E-state index in [1.165, 1.54) is 42.5 Å². The van der Waals surface area contributed by atoms with Crippen molar-refractivity contribution in [3.63, 3.8) is 0 Å². The zero-order valence-electron chi connectivity index (χ0n) is 12.7. The molecule has 1 aliphatic rings. The van der Waals surface area contributed by atoms with Crippen LogP contribution < -0.4 is 0 Å². The first-order valence-corrected chi connectivity index (χ1v) is 8.55. The van der Waals surface area contributed by atoms with E-state index in [4.69, 9.17) is 14.5 Å². The van der Waals surface area contributed by atoms with Gasteiger partial charge in [0.25, 0.3) is 11.8 Å². The summed E-state index contributed by atoms with van der Waals surface area (Å²) in [7, 11) is -4.41. The Morgan fingerprint density at radius 1 is 0.840 bits per heavy atom. The van der Waals surface area contributed by atoms with Gasteiger partial charge in [-0.3, -0.25) is 9.59 Å². The number of rotatable bonds is 5. The number of benzene rings is 2. The standard InChI is InChI=1S/C16H13NO7S/c18-8-10-1-4-12(5-2-10)25(22,23)24-17-15(20)13-6-3-11(9-19)7-14(13)16(17)21/h1-7,18-19H,8-9H2. The number of fused-ring (bicyclic) bond motifs is 1. The molecule has 0 atom stereocenters. The first-order valence-electron chi connectivity index (χ1n) is 7.14. The lowest BCUT2D eigenvalue weighted by molar-refractivity contribution is -0.0103. The van der Waals surface area contributed by atoms with Crippen molar-refractivity contribution in [3.05, 3.63) is 64.7 Å². The maximum atomic E-state index is 12.3. The first-order chi connectivity index (χ1) is 11.9. The van der Waals surface area contributed by atoms with Gasteiger partial charge < -0.3 is 10.2 Å². The maximum absolute atomic E-state index is 12.3. The van der Waals surface area contributed by atoms with E-state index in [9.17, 15) is 18.0 Å². The maximum Gasteiger partial charge on any atom is 0.318 e. The third kappa shape index (κ3) is 3.05. The van der Waals surface area contributed by atoms with Gasteiger partial charge in [0, 0.05) is 0 Å². The lowest BCUT2D eigenvalue weighted by Crippen LogP contribution is -2.32. The molecule has 0 saturated carbocycles. The molecule has 0 spiro atoms. The Morgan fingerprint density at radius 3 is 2.00 bits per heavy atom. The van der Waals surface area contributed by atoms with Gasteiger partial charge >= 0.3 is 10.1 Å². The van der Waals surface area contributed by atoms with Crippen molar-refractivity contribution < 1.29 is 32.5 Å². The molecular formula is C16H13NO7S. The van der Waals surface area contributed by atoms with Crippen LogP contribution in [-0.4, -0.2) is 35.5 Å². The highest BCUT2D eigenvalue weighted by molar-refractivity contribution is 7.86. The fourth-order valence-corrected chi connectivity index (χ4v) is 3.22. The van der Waals surface area contributed by atoms with Crippen LogP contribution in [0, 0.1) is 0 Å². The van der Waals surface area contributed by atoms with Crippen LogP contribution in [0.5, 0.6) is 0 Å². The molecule has 2 aromatic rings. The number of amides is 2. The number of hydroxylamine groups is 2. The number of carbonyl (C=O) groups excluding carboxylic acids is 2. The molecule has 0 aliphatic carbocycles. The molecular weight excluding hydrogens is 350 g/mol. The summed E-state index contributed by atoms with van der Waals surface area (Å²) >= 11 is 0. The first kappa shape index (κ1) is 17.2. The topological polar surface area (TPSA) is 121 Å². The van der Waals surface area contributed by atoms with Gasteiger partial charge in [0.2, 0.25) is 0 Å². The molecule has 2 N–H and O–H groups in total. The number of carbonyl (C=O) groups is 2. The molecule has 2 amide bonds. The molecule has 2 aromatic carbocycles. The molecule has 9 heteroatoms. The summed E-state index contributed by atoms with van der Waals surface area (Å²) in [6.45, 7) is -0.585.